The lowest BCUT2D eigenvalue weighted by atomic mass is 10.0. The number of nitrogens with zero attached hydrogens (tertiary/aromatic N) is 2. The zero-order chi connectivity index (χ0) is 13.8. The first-order valence-electron chi connectivity index (χ1n) is 6.22. The third-order valence-corrected chi connectivity index (χ3v) is 3.53. The van der Waals surface area contributed by atoms with Crippen molar-refractivity contribution in [1.82, 2.24) is 9.88 Å². The highest BCUT2D eigenvalue weighted by molar-refractivity contribution is 6.33. The summed E-state index contributed by atoms with van der Waals surface area (Å²) in [6, 6.07) is 3.06. The Bertz CT molecular complexity index is 442. The van der Waals surface area contributed by atoms with Gasteiger partial charge >= 0.3 is 0 Å². The lowest BCUT2D eigenvalue weighted by molar-refractivity contribution is 0.0388. The van der Waals surface area contributed by atoms with E-state index < -0.39 is 0 Å². The second-order valence-electron chi connectivity index (χ2n) is 4.77. The highest BCUT2D eigenvalue weighted by atomic mass is 35.5. The predicted molar refractivity (Wildman–Crippen MR) is 74.8 cm³/mol. The van der Waals surface area contributed by atoms with Crippen LogP contribution in [0.25, 0.3) is 0 Å². The molecule has 0 spiro atoms. The van der Waals surface area contributed by atoms with Gasteiger partial charge in [-0.15, -0.1) is 0 Å². The first-order valence-corrected chi connectivity index (χ1v) is 6.98. The van der Waals surface area contributed by atoms with Crippen molar-refractivity contribution >= 4 is 29.1 Å². The van der Waals surface area contributed by atoms with E-state index in [1.807, 2.05) is 0 Å². The minimum absolute atomic E-state index is 0.100. The van der Waals surface area contributed by atoms with E-state index in [0.29, 0.717) is 18.0 Å². The Hall–Kier alpha value is -0.840. The van der Waals surface area contributed by atoms with Gasteiger partial charge in [-0.2, -0.15) is 0 Å². The van der Waals surface area contributed by atoms with Crippen LogP contribution in [-0.4, -0.2) is 42.6 Å². The van der Waals surface area contributed by atoms with Crippen molar-refractivity contribution in [2.45, 2.75) is 12.8 Å². The van der Waals surface area contributed by atoms with E-state index in [0.717, 1.165) is 26.1 Å². The van der Waals surface area contributed by atoms with Crippen LogP contribution in [0.2, 0.25) is 10.3 Å². The quantitative estimate of drug-likeness (QED) is 0.806. The molecule has 2 heterocycles. The van der Waals surface area contributed by atoms with E-state index in [1.165, 1.54) is 12.1 Å². The minimum Gasteiger partial charge on any atom is -0.381 e. The van der Waals surface area contributed by atoms with E-state index in [-0.39, 0.29) is 16.2 Å². The Labute approximate surface area is 122 Å². The summed E-state index contributed by atoms with van der Waals surface area (Å²) < 4.78 is 5.42. The van der Waals surface area contributed by atoms with Crippen LogP contribution in [0.5, 0.6) is 0 Å². The van der Waals surface area contributed by atoms with Crippen molar-refractivity contribution in [1.29, 1.82) is 0 Å². The molecule has 0 aliphatic carbocycles. The SMILES string of the molecule is CN(CC1CCCOC1)C(=O)c1cc(Cl)nc(Cl)c1. The number of carbonyl (C=O) groups excluding carboxylic acids is 1. The number of aromatic nitrogens is 1. The molecular formula is C13H16Cl2N2O2. The summed E-state index contributed by atoms with van der Waals surface area (Å²) in [6.07, 6.45) is 2.15. The van der Waals surface area contributed by atoms with Gasteiger partial charge in [-0.1, -0.05) is 23.2 Å². The molecule has 104 valence electrons. The summed E-state index contributed by atoms with van der Waals surface area (Å²) in [5.41, 5.74) is 0.462. The molecule has 6 heteroatoms. The topological polar surface area (TPSA) is 42.4 Å². The molecule has 2 rings (SSSR count). The zero-order valence-corrected chi connectivity index (χ0v) is 12.2. The molecule has 4 nitrogen and oxygen atoms in total. The Morgan fingerprint density at radius 2 is 2.16 bits per heavy atom. The molecule has 1 amide bonds. The molecule has 1 saturated heterocycles. The molecule has 0 bridgehead atoms. The maximum atomic E-state index is 12.3. The zero-order valence-electron chi connectivity index (χ0n) is 10.7. The van der Waals surface area contributed by atoms with E-state index in [2.05, 4.69) is 4.98 Å². The second kappa shape index (κ2) is 6.55. The Morgan fingerprint density at radius 3 is 2.74 bits per heavy atom. The van der Waals surface area contributed by atoms with Gasteiger partial charge < -0.3 is 9.64 Å². The van der Waals surface area contributed by atoms with Crippen LogP contribution in [0.15, 0.2) is 12.1 Å². The fourth-order valence-electron chi connectivity index (χ4n) is 2.23. The summed E-state index contributed by atoms with van der Waals surface area (Å²) in [5, 5.41) is 0.454. The van der Waals surface area contributed by atoms with Crippen LogP contribution in [0, 0.1) is 5.92 Å². The van der Waals surface area contributed by atoms with Crippen molar-refractivity contribution in [3.63, 3.8) is 0 Å². The molecule has 1 aromatic heterocycles. The second-order valence-corrected chi connectivity index (χ2v) is 5.54. The fourth-order valence-corrected chi connectivity index (χ4v) is 2.69. The Kier molecular flexibility index (Phi) is 5.02. The van der Waals surface area contributed by atoms with Crippen LogP contribution in [-0.2, 0) is 4.74 Å². The molecule has 0 radical (unpaired) electrons. The number of ether oxygens (including phenoxy) is 1. The van der Waals surface area contributed by atoms with Crippen LogP contribution in [0.1, 0.15) is 23.2 Å². The lowest BCUT2D eigenvalue weighted by Gasteiger charge is -2.27. The number of halogens is 2. The molecule has 1 aliphatic heterocycles. The summed E-state index contributed by atoms with van der Waals surface area (Å²) in [5.74, 6) is 0.298. The first-order chi connectivity index (χ1) is 9.06. The number of rotatable bonds is 3. The molecule has 1 aromatic rings. The van der Waals surface area contributed by atoms with Crippen LogP contribution >= 0.6 is 23.2 Å². The molecule has 1 aliphatic rings. The largest absolute Gasteiger partial charge is 0.381 e. The van der Waals surface area contributed by atoms with Crippen molar-refractivity contribution in [2.24, 2.45) is 5.92 Å². The molecule has 0 N–H and O–H groups in total. The van der Waals surface area contributed by atoms with E-state index in [1.54, 1.807) is 11.9 Å². The summed E-state index contributed by atoms with van der Waals surface area (Å²) in [6.45, 7) is 2.22. The number of carbonyl (C=O) groups is 1. The van der Waals surface area contributed by atoms with Crippen molar-refractivity contribution in [2.75, 3.05) is 26.8 Å². The van der Waals surface area contributed by atoms with Gasteiger partial charge in [0.2, 0.25) is 0 Å². The molecule has 0 aromatic carbocycles. The maximum absolute atomic E-state index is 12.3. The van der Waals surface area contributed by atoms with E-state index in [4.69, 9.17) is 27.9 Å². The third-order valence-electron chi connectivity index (χ3n) is 3.14. The number of amides is 1. The summed E-state index contributed by atoms with van der Waals surface area (Å²) in [7, 11) is 1.78. The van der Waals surface area contributed by atoms with Crippen LogP contribution in [0.4, 0.5) is 0 Å². The Morgan fingerprint density at radius 1 is 1.47 bits per heavy atom. The van der Waals surface area contributed by atoms with Gasteiger partial charge in [-0.25, -0.2) is 4.98 Å². The molecule has 1 fully saturated rings. The average Bonchev–Trinajstić information content (AvgIpc) is 2.37. The summed E-state index contributed by atoms with van der Waals surface area (Å²) in [4.78, 5) is 17.8. The van der Waals surface area contributed by atoms with Gasteiger partial charge in [0.15, 0.2) is 0 Å². The van der Waals surface area contributed by atoms with Gasteiger partial charge in [0.25, 0.3) is 5.91 Å². The molecule has 1 atom stereocenters. The number of hydrogen-bond acceptors (Lipinski definition) is 3. The predicted octanol–water partition coefficient (Wildman–Crippen LogP) is 2.89. The normalized spacial score (nSPS) is 19.2. The van der Waals surface area contributed by atoms with Gasteiger partial charge in [0.1, 0.15) is 10.3 Å². The van der Waals surface area contributed by atoms with Crippen LogP contribution in [0.3, 0.4) is 0 Å². The van der Waals surface area contributed by atoms with E-state index in [9.17, 15) is 4.79 Å². The molecular weight excluding hydrogens is 287 g/mol. The highest BCUT2D eigenvalue weighted by Gasteiger charge is 2.20. The van der Waals surface area contributed by atoms with Gasteiger partial charge in [-0.05, 0) is 30.9 Å². The fraction of sp³-hybridized carbons (Fsp3) is 0.538. The standard InChI is InChI=1S/C13H16Cl2N2O2/c1-17(7-9-3-2-4-19-8-9)13(18)10-5-11(14)16-12(15)6-10/h5-6,9H,2-4,7-8H2,1H3. The summed E-state index contributed by atoms with van der Waals surface area (Å²) >= 11 is 11.6. The Balaban J connectivity index is 2.01. The monoisotopic (exact) mass is 302 g/mol. The van der Waals surface area contributed by atoms with Gasteiger partial charge in [0.05, 0.1) is 6.61 Å². The maximum Gasteiger partial charge on any atom is 0.253 e. The highest BCUT2D eigenvalue weighted by Crippen LogP contribution is 2.18. The molecule has 0 saturated carbocycles. The molecule has 19 heavy (non-hydrogen) atoms. The van der Waals surface area contributed by atoms with E-state index >= 15 is 0 Å². The van der Waals surface area contributed by atoms with Crippen molar-refractivity contribution < 1.29 is 9.53 Å². The van der Waals surface area contributed by atoms with Gasteiger partial charge in [0, 0.05) is 25.8 Å². The van der Waals surface area contributed by atoms with Crippen molar-refractivity contribution in [3.8, 4) is 0 Å². The smallest absolute Gasteiger partial charge is 0.253 e. The van der Waals surface area contributed by atoms with Gasteiger partial charge in [-0.3, -0.25) is 4.79 Å². The lowest BCUT2D eigenvalue weighted by Crippen LogP contribution is -2.35. The third kappa shape index (κ3) is 4.06. The minimum atomic E-state index is -0.100. The molecule has 1 unspecified atom stereocenters. The number of hydrogen-bond donors (Lipinski definition) is 0. The average molecular weight is 303 g/mol. The van der Waals surface area contributed by atoms with Crippen molar-refractivity contribution in [3.05, 3.63) is 28.0 Å². The first kappa shape index (κ1) is 14.6. The van der Waals surface area contributed by atoms with Crippen LogP contribution < -0.4 is 0 Å². The number of pyridine rings is 1.